The lowest BCUT2D eigenvalue weighted by Gasteiger charge is -2.36. The Balaban J connectivity index is 1.75. The molecule has 96 valence electrons. The van der Waals surface area contributed by atoms with Crippen molar-refractivity contribution in [1.29, 1.82) is 0 Å². The smallest absolute Gasteiger partial charge is 0.239 e. The highest BCUT2D eigenvalue weighted by atomic mass is 16.2. The monoisotopic (exact) mass is 244 g/mol. The second kappa shape index (κ2) is 4.63. The Morgan fingerprint density at radius 1 is 1.33 bits per heavy atom. The number of rotatable bonds is 3. The van der Waals surface area contributed by atoms with Crippen LogP contribution in [0.4, 0.5) is 5.69 Å². The zero-order valence-electron chi connectivity index (χ0n) is 10.9. The van der Waals surface area contributed by atoms with E-state index in [1.807, 2.05) is 0 Å². The van der Waals surface area contributed by atoms with Gasteiger partial charge in [-0.1, -0.05) is 18.2 Å². The molecule has 1 amide bonds. The van der Waals surface area contributed by atoms with Crippen LogP contribution < -0.4 is 10.2 Å². The number of fused-ring (bicyclic) bond motifs is 1. The van der Waals surface area contributed by atoms with Crippen LogP contribution >= 0.6 is 0 Å². The van der Waals surface area contributed by atoms with Gasteiger partial charge in [0.05, 0.1) is 6.54 Å². The van der Waals surface area contributed by atoms with Gasteiger partial charge in [0, 0.05) is 17.8 Å². The molecule has 0 aromatic heterocycles. The van der Waals surface area contributed by atoms with E-state index in [9.17, 15) is 4.79 Å². The van der Waals surface area contributed by atoms with Crippen LogP contribution in [0, 0.1) is 0 Å². The van der Waals surface area contributed by atoms with Crippen molar-refractivity contribution in [3.8, 4) is 0 Å². The summed E-state index contributed by atoms with van der Waals surface area (Å²) < 4.78 is 0. The fourth-order valence-corrected chi connectivity index (χ4v) is 2.66. The molecule has 3 rings (SSSR count). The topological polar surface area (TPSA) is 32.3 Å². The maximum absolute atomic E-state index is 12.0. The Kier molecular flexibility index (Phi) is 2.98. The highest BCUT2D eigenvalue weighted by molar-refractivity contribution is 5.82. The zero-order valence-corrected chi connectivity index (χ0v) is 10.9. The zero-order chi connectivity index (χ0) is 12.5. The molecule has 1 aromatic rings. The molecule has 1 heterocycles. The highest BCUT2D eigenvalue weighted by Gasteiger charge is 2.27. The van der Waals surface area contributed by atoms with Crippen molar-refractivity contribution < 1.29 is 4.79 Å². The molecular weight excluding hydrogens is 224 g/mol. The van der Waals surface area contributed by atoms with E-state index in [4.69, 9.17) is 0 Å². The van der Waals surface area contributed by atoms with E-state index in [-0.39, 0.29) is 5.91 Å². The second-order valence-corrected chi connectivity index (χ2v) is 5.49. The molecular formula is C15H20N2O. The third-order valence-corrected chi connectivity index (χ3v) is 3.92. The van der Waals surface area contributed by atoms with Gasteiger partial charge in [-0.2, -0.15) is 0 Å². The van der Waals surface area contributed by atoms with Crippen molar-refractivity contribution in [2.24, 2.45) is 0 Å². The molecule has 1 unspecified atom stereocenters. The third-order valence-electron chi connectivity index (χ3n) is 3.92. The van der Waals surface area contributed by atoms with E-state index >= 15 is 0 Å². The second-order valence-electron chi connectivity index (χ2n) is 5.49. The first-order valence-electron chi connectivity index (χ1n) is 6.88. The molecule has 18 heavy (non-hydrogen) atoms. The quantitative estimate of drug-likeness (QED) is 0.883. The number of hydrogen-bond acceptors (Lipinski definition) is 2. The lowest BCUT2D eigenvalue weighted by molar-refractivity contribution is -0.120. The summed E-state index contributed by atoms with van der Waals surface area (Å²) in [6.07, 6.45) is 4.56. The SMILES string of the molecule is CC1CCc2ccccc2N1CC(=O)NC1CC1. The van der Waals surface area contributed by atoms with Gasteiger partial charge in [-0.15, -0.1) is 0 Å². The van der Waals surface area contributed by atoms with Crippen LogP contribution in [-0.2, 0) is 11.2 Å². The van der Waals surface area contributed by atoms with Crippen LogP contribution in [0.2, 0.25) is 0 Å². The van der Waals surface area contributed by atoms with Crippen LogP contribution in [0.25, 0.3) is 0 Å². The molecule has 0 bridgehead atoms. The first-order chi connectivity index (χ1) is 8.74. The molecule has 0 radical (unpaired) electrons. The van der Waals surface area contributed by atoms with Gasteiger partial charge in [0.1, 0.15) is 0 Å². The van der Waals surface area contributed by atoms with E-state index in [0.29, 0.717) is 18.6 Å². The average Bonchev–Trinajstić information content (AvgIpc) is 3.17. The number of benzene rings is 1. The molecule has 1 fully saturated rings. The lowest BCUT2D eigenvalue weighted by atomic mass is 9.97. The standard InChI is InChI=1S/C15H20N2O/c1-11-6-7-12-4-2-3-5-14(12)17(11)10-15(18)16-13-8-9-13/h2-5,11,13H,6-10H2,1H3,(H,16,18). The van der Waals surface area contributed by atoms with Crippen LogP contribution in [-0.4, -0.2) is 24.5 Å². The number of carbonyl (C=O) groups excluding carboxylic acids is 1. The third kappa shape index (κ3) is 2.35. The maximum atomic E-state index is 12.0. The van der Waals surface area contributed by atoms with Crippen LogP contribution in [0.5, 0.6) is 0 Å². The fraction of sp³-hybridized carbons (Fsp3) is 0.533. The lowest BCUT2D eigenvalue weighted by Crippen LogP contribution is -2.44. The number of nitrogens with one attached hydrogen (secondary N) is 1. The molecule has 1 atom stereocenters. The van der Waals surface area contributed by atoms with Gasteiger partial charge < -0.3 is 10.2 Å². The molecule has 1 aromatic carbocycles. The Labute approximate surface area is 108 Å². The van der Waals surface area contributed by atoms with Gasteiger partial charge in [-0.25, -0.2) is 0 Å². The fourth-order valence-electron chi connectivity index (χ4n) is 2.66. The van der Waals surface area contributed by atoms with Gasteiger partial charge in [0.2, 0.25) is 5.91 Å². The summed E-state index contributed by atoms with van der Waals surface area (Å²) in [5, 5.41) is 3.07. The number of amides is 1. The predicted molar refractivity (Wildman–Crippen MR) is 72.7 cm³/mol. The van der Waals surface area contributed by atoms with Crippen molar-refractivity contribution in [2.45, 2.75) is 44.7 Å². The van der Waals surface area contributed by atoms with Gasteiger partial charge >= 0.3 is 0 Å². The molecule has 1 aliphatic heterocycles. The van der Waals surface area contributed by atoms with Gasteiger partial charge in [-0.3, -0.25) is 4.79 Å². The minimum Gasteiger partial charge on any atom is -0.359 e. The molecule has 1 aliphatic carbocycles. The summed E-state index contributed by atoms with van der Waals surface area (Å²) in [7, 11) is 0. The van der Waals surface area contributed by atoms with Crippen molar-refractivity contribution in [3.05, 3.63) is 29.8 Å². The predicted octanol–water partition coefficient (Wildman–Crippen LogP) is 2.11. The first-order valence-corrected chi connectivity index (χ1v) is 6.88. The van der Waals surface area contributed by atoms with Gasteiger partial charge in [-0.05, 0) is 44.2 Å². The Bertz CT molecular complexity index is 454. The summed E-state index contributed by atoms with van der Waals surface area (Å²) in [6.45, 7) is 2.70. The van der Waals surface area contributed by atoms with Gasteiger partial charge in [0.15, 0.2) is 0 Å². The highest BCUT2D eigenvalue weighted by Crippen LogP contribution is 2.30. The number of hydrogen-bond donors (Lipinski definition) is 1. The number of aryl methyl sites for hydroxylation is 1. The van der Waals surface area contributed by atoms with Crippen LogP contribution in [0.1, 0.15) is 31.7 Å². The van der Waals surface area contributed by atoms with Crippen molar-refractivity contribution in [2.75, 3.05) is 11.4 Å². The van der Waals surface area contributed by atoms with Gasteiger partial charge in [0.25, 0.3) is 0 Å². The largest absolute Gasteiger partial charge is 0.359 e. The van der Waals surface area contributed by atoms with E-state index in [2.05, 4.69) is 41.4 Å². The Hall–Kier alpha value is -1.51. The molecule has 1 saturated carbocycles. The summed E-state index contributed by atoms with van der Waals surface area (Å²) in [4.78, 5) is 14.2. The van der Waals surface area contributed by atoms with Crippen LogP contribution in [0.3, 0.4) is 0 Å². The maximum Gasteiger partial charge on any atom is 0.239 e. The minimum absolute atomic E-state index is 0.168. The Morgan fingerprint density at radius 2 is 2.11 bits per heavy atom. The molecule has 3 heteroatoms. The van der Waals surface area contributed by atoms with E-state index < -0.39 is 0 Å². The molecule has 0 saturated heterocycles. The summed E-state index contributed by atoms with van der Waals surface area (Å²) >= 11 is 0. The van der Waals surface area contributed by atoms with Crippen molar-refractivity contribution in [3.63, 3.8) is 0 Å². The number of nitrogens with zero attached hydrogens (tertiary/aromatic N) is 1. The van der Waals surface area contributed by atoms with E-state index in [0.717, 1.165) is 25.7 Å². The molecule has 3 nitrogen and oxygen atoms in total. The minimum atomic E-state index is 0.168. The van der Waals surface area contributed by atoms with Crippen LogP contribution in [0.15, 0.2) is 24.3 Å². The average molecular weight is 244 g/mol. The summed E-state index contributed by atoms with van der Waals surface area (Å²) in [5.41, 5.74) is 2.61. The number of anilines is 1. The first kappa shape index (κ1) is 11.6. The summed E-state index contributed by atoms with van der Waals surface area (Å²) in [5.74, 6) is 0.168. The normalized spacial score (nSPS) is 22.5. The number of para-hydroxylation sites is 1. The summed E-state index contributed by atoms with van der Waals surface area (Å²) in [6, 6.07) is 9.35. The molecule has 1 N–H and O–H groups in total. The van der Waals surface area contributed by atoms with E-state index in [1.54, 1.807) is 0 Å². The van der Waals surface area contributed by atoms with Crippen molar-refractivity contribution in [1.82, 2.24) is 5.32 Å². The molecule has 0 spiro atoms. The number of carbonyl (C=O) groups is 1. The Morgan fingerprint density at radius 3 is 2.89 bits per heavy atom. The van der Waals surface area contributed by atoms with E-state index in [1.165, 1.54) is 11.3 Å². The molecule has 2 aliphatic rings. The van der Waals surface area contributed by atoms with Crippen molar-refractivity contribution >= 4 is 11.6 Å².